The highest BCUT2D eigenvalue weighted by atomic mass is 35.5. The topological polar surface area (TPSA) is 20.3 Å². The molecule has 0 saturated carbocycles. The largest absolute Gasteiger partial charge is 0.334 e. The zero-order valence-electron chi connectivity index (χ0n) is 11.8. The number of carbonyl (C=O) groups is 1. The Kier molecular flexibility index (Phi) is 5.11. The minimum Gasteiger partial charge on any atom is -0.334 e. The van der Waals surface area contributed by atoms with E-state index < -0.39 is 0 Å². The first kappa shape index (κ1) is 15.4. The molecule has 0 spiro atoms. The Hall–Kier alpha value is -0.990. The van der Waals surface area contributed by atoms with Crippen molar-refractivity contribution >= 4 is 35.2 Å². The molecule has 108 valence electrons. The lowest BCUT2D eigenvalue weighted by Crippen LogP contribution is -2.46. The van der Waals surface area contributed by atoms with Crippen molar-refractivity contribution in [3.63, 3.8) is 0 Å². The fraction of sp³-hybridized carbons (Fsp3) is 0.438. The average Bonchev–Trinajstić information content (AvgIpc) is 2.38. The van der Waals surface area contributed by atoms with Crippen LogP contribution in [0.25, 0.3) is 6.08 Å². The summed E-state index contributed by atoms with van der Waals surface area (Å²) in [5.41, 5.74) is 0.696. The van der Waals surface area contributed by atoms with Crippen LogP contribution >= 0.6 is 23.2 Å². The molecule has 2 unspecified atom stereocenters. The zero-order valence-corrected chi connectivity index (χ0v) is 13.3. The van der Waals surface area contributed by atoms with Crippen molar-refractivity contribution in [2.75, 3.05) is 0 Å². The fourth-order valence-corrected chi connectivity index (χ4v) is 3.29. The van der Waals surface area contributed by atoms with Gasteiger partial charge in [0, 0.05) is 33.8 Å². The molecule has 1 heterocycles. The van der Waals surface area contributed by atoms with Gasteiger partial charge in [-0.25, -0.2) is 0 Å². The highest BCUT2D eigenvalue weighted by molar-refractivity contribution is 6.37. The SMILES string of the molecule is CC1CCCC(C)N1C(=O)C=Cc1c(Cl)cccc1Cl. The van der Waals surface area contributed by atoms with E-state index in [9.17, 15) is 4.79 Å². The van der Waals surface area contributed by atoms with Gasteiger partial charge in [-0.05, 0) is 51.3 Å². The van der Waals surface area contributed by atoms with E-state index in [2.05, 4.69) is 13.8 Å². The van der Waals surface area contributed by atoms with Gasteiger partial charge >= 0.3 is 0 Å². The second-order valence-corrected chi connectivity index (χ2v) is 6.16. The van der Waals surface area contributed by atoms with Crippen molar-refractivity contribution in [3.05, 3.63) is 39.9 Å². The van der Waals surface area contributed by atoms with Crippen molar-refractivity contribution in [2.45, 2.75) is 45.2 Å². The van der Waals surface area contributed by atoms with Crippen LogP contribution in [0.5, 0.6) is 0 Å². The summed E-state index contributed by atoms with van der Waals surface area (Å²) in [4.78, 5) is 14.3. The predicted molar refractivity (Wildman–Crippen MR) is 85.1 cm³/mol. The molecule has 20 heavy (non-hydrogen) atoms. The van der Waals surface area contributed by atoms with Gasteiger partial charge in [-0.1, -0.05) is 29.3 Å². The van der Waals surface area contributed by atoms with Gasteiger partial charge in [0.15, 0.2) is 0 Å². The number of halogens is 2. The predicted octanol–water partition coefficient (Wildman–Crippen LogP) is 4.80. The molecule has 1 saturated heterocycles. The number of benzene rings is 1. The number of nitrogens with zero attached hydrogens (tertiary/aromatic N) is 1. The average molecular weight is 312 g/mol. The van der Waals surface area contributed by atoms with Crippen LogP contribution in [0.3, 0.4) is 0 Å². The maximum atomic E-state index is 12.4. The van der Waals surface area contributed by atoms with Gasteiger partial charge in [0.05, 0.1) is 0 Å². The van der Waals surface area contributed by atoms with Gasteiger partial charge < -0.3 is 4.90 Å². The molecule has 1 aliphatic heterocycles. The molecule has 0 radical (unpaired) electrons. The highest BCUT2D eigenvalue weighted by Crippen LogP contribution is 2.26. The lowest BCUT2D eigenvalue weighted by molar-refractivity contribution is -0.131. The summed E-state index contributed by atoms with van der Waals surface area (Å²) in [7, 11) is 0. The van der Waals surface area contributed by atoms with Gasteiger partial charge in [0.1, 0.15) is 0 Å². The standard InChI is InChI=1S/C16H19Cl2NO/c1-11-5-3-6-12(2)19(11)16(20)10-9-13-14(17)7-4-8-15(13)18/h4,7-12H,3,5-6H2,1-2H3. The van der Waals surface area contributed by atoms with Gasteiger partial charge in [-0.3, -0.25) is 4.79 Å². The van der Waals surface area contributed by atoms with Crippen molar-refractivity contribution < 1.29 is 4.79 Å². The fourth-order valence-electron chi connectivity index (χ4n) is 2.77. The third kappa shape index (κ3) is 3.36. The number of carbonyl (C=O) groups excluding carboxylic acids is 1. The number of likely N-dealkylation sites (tertiary alicyclic amines) is 1. The van der Waals surface area contributed by atoms with Crippen LogP contribution in [0.2, 0.25) is 10.0 Å². The maximum Gasteiger partial charge on any atom is 0.247 e. The van der Waals surface area contributed by atoms with E-state index >= 15 is 0 Å². The molecular weight excluding hydrogens is 293 g/mol. The summed E-state index contributed by atoms with van der Waals surface area (Å²) in [5, 5.41) is 1.11. The van der Waals surface area contributed by atoms with E-state index in [1.807, 2.05) is 4.90 Å². The number of hydrogen-bond donors (Lipinski definition) is 0. The van der Waals surface area contributed by atoms with E-state index in [1.165, 1.54) is 6.42 Å². The summed E-state index contributed by atoms with van der Waals surface area (Å²) in [5.74, 6) is 0.0284. The molecule has 0 aliphatic carbocycles. The lowest BCUT2D eigenvalue weighted by Gasteiger charge is -2.38. The van der Waals surface area contributed by atoms with Crippen LogP contribution in [0.4, 0.5) is 0 Å². The van der Waals surface area contributed by atoms with Gasteiger partial charge in [0.2, 0.25) is 5.91 Å². The molecule has 1 aromatic carbocycles. The summed E-state index contributed by atoms with van der Waals surface area (Å²) >= 11 is 12.2. The van der Waals surface area contributed by atoms with Crippen LogP contribution in [0, 0.1) is 0 Å². The first-order chi connectivity index (χ1) is 9.50. The second kappa shape index (κ2) is 6.64. The molecule has 4 heteroatoms. The molecule has 2 nitrogen and oxygen atoms in total. The van der Waals surface area contributed by atoms with Crippen molar-refractivity contribution in [2.24, 2.45) is 0 Å². The lowest BCUT2D eigenvalue weighted by atomic mass is 9.97. The molecule has 0 aromatic heterocycles. The number of amides is 1. The zero-order chi connectivity index (χ0) is 14.7. The van der Waals surface area contributed by atoms with E-state index in [-0.39, 0.29) is 18.0 Å². The van der Waals surface area contributed by atoms with Crippen LogP contribution in [0.15, 0.2) is 24.3 Å². The third-order valence-electron chi connectivity index (χ3n) is 3.84. The summed E-state index contributed by atoms with van der Waals surface area (Å²) in [6.45, 7) is 4.20. The number of rotatable bonds is 2. The molecule has 2 rings (SSSR count). The second-order valence-electron chi connectivity index (χ2n) is 5.34. The Morgan fingerprint density at radius 2 is 1.75 bits per heavy atom. The monoisotopic (exact) mass is 311 g/mol. The van der Waals surface area contributed by atoms with Crippen LogP contribution in [-0.4, -0.2) is 22.9 Å². The van der Waals surface area contributed by atoms with E-state index in [1.54, 1.807) is 30.4 Å². The molecule has 0 N–H and O–H groups in total. The van der Waals surface area contributed by atoms with E-state index in [0.29, 0.717) is 15.6 Å². The highest BCUT2D eigenvalue weighted by Gasteiger charge is 2.27. The van der Waals surface area contributed by atoms with E-state index in [4.69, 9.17) is 23.2 Å². The third-order valence-corrected chi connectivity index (χ3v) is 4.50. The van der Waals surface area contributed by atoms with Crippen LogP contribution in [0.1, 0.15) is 38.7 Å². The Morgan fingerprint density at radius 3 is 2.30 bits per heavy atom. The smallest absolute Gasteiger partial charge is 0.247 e. The Morgan fingerprint density at radius 1 is 1.20 bits per heavy atom. The number of hydrogen-bond acceptors (Lipinski definition) is 1. The summed E-state index contributed by atoms with van der Waals surface area (Å²) < 4.78 is 0. The van der Waals surface area contributed by atoms with Gasteiger partial charge in [-0.2, -0.15) is 0 Å². The Labute approximate surface area is 130 Å². The minimum atomic E-state index is 0.0284. The minimum absolute atomic E-state index is 0.0284. The molecule has 0 bridgehead atoms. The Balaban J connectivity index is 2.16. The van der Waals surface area contributed by atoms with Crippen LogP contribution < -0.4 is 0 Å². The first-order valence-corrected chi connectivity index (χ1v) is 7.70. The van der Waals surface area contributed by atoms with E-state index in [0.717, 1.165) is 12.8 Å². The quantitative estimate of drug-likeness (QED) is 0.719. The molecule has 2 atom stereocenters. The number of piperidine rings is 1. The van der Waals surface area contributed by atoms with Crippen molar-refractivity contribution in [3.8, 4) is 0 Å². The van der Waals surface area contributed by atoms with Gasteiger partial charge in [0.25, 0.3) is 0 Å². The van der Waals surface area contributed by atoms with Crippen LogP contribution in [-0.2, 0) is 4.79 Å². The van der Waals surface area contributed by atoms with Crippen molar-refractivity contribution in [1.82, 2.24) is 4.90 Å². The molecule has 1 fully saturated rings. The molecule has 1 aliphatic rings. The molecular formula is C16H19Cl2NO. The van der Waals surface area contributed by atoms with Gasteiger partial charge in [-0.15, -0.1) is 0 Å². The molecule has 1 aromatic rings. The molecule has 1 amide bonds. The Bertz CT molecular complexity index is 497. The first-order valence-electron chi connectivity index (χ1n) is 6.95. The van der Waals surface area contributed by atoms with Crippen molar-refractivity contribution in [1.29, 1.82) is 0 Å². The maximum absolute atomic E-state index is 12.4. The summed E-state index contributed by atoms with van der Waals surface area (Å²) in [6.07, 6.45) is 6.60. The normalized spacial score (nSPS) is 23.3. The summed E-state index contributed by atoms with van der Waals surface area (Å²) in [6, 6.07) is 5.90.